The van der Waals surface area contributed by atoms with Crippen molar-refractivity contribution in [2.75, 3.05) is 6.54 Å². The monoisotopic (exact) mass is 261 g/mol. The van der Waals surface area contributed by atoms with Crippen LogP contribution in [0.15, 0.2) is 0 Å². The molecule has 1 fully saturated rings. The molecule has 0 saturated heterocycles. The minimum absolute atomic E-state index is 0.635. The first-order valence-electron chi connectivity index (χ1n) is 7.94. The van der Waals surface area contributed by atoms with Crippen LogP contribution in [-0.4, -0.2) is 16.1 Å². The quantitative estimate of drug-likeness (QED) is 0.882. The molecular weight excluding hydrogens is 234 g/mol. The Labute approximate surface area is 116 Å². The molecule has 1 aliphatic heterocycles. The van der Waals surface area contributed by atoms with Crippen LogP contribution in [0, 0.1) is 11.8 Å². The van der Waals surface area contributed by atoms with Crippen LogP contribution in [0.1, 0.15) is 63.3 Å². The van der Waals surface area contributed by atoms with Gasteiger partial charge in [-0.1, -0.05) is 26.7 Å². The Morgan fingerprint density at radius 1 is 1.32 bits per heavy atom. The van der Waals surface area contributed by atoms with Gasteiger partial charge in [0.2, 0.25) is 0 Å². The molecule has 3 nitrogen and oxygen atoms in total. The number of hydrogen-bond acceptors (Lipinski definition) is 2. The molecule has 1 aliphatic carbocycles. The van der Waals surface area contributed by atoms with E-state index in [0.29, 0.717) is 12.0 Å². The van der Waals surface area contributed by atoms with E-state index in [1.54, 1.807) is 0 Å². The normalized spacial score (nSPS) is 20.6. The van der Waals surface area contributed by atoms with E-state index in [9.17, 15) is 0 Å². The topological polar surface area (TPSA) is 29.9 Å². The molecule has 0 amide bonds. The molecule has 1 aromatic heterocycles. The van der Waals surface area contributed by atoms with Crippen molar-refractivity contribution in [2.45, 2.75) is 65.5 Å². The molecule has 0 radical (unpaired) electrons. The molecule has 2 aliphatic rings. The maximum Gasteiger partial charge on any atom is 0.109 e. The van der Waals surface area contributed by atoms with Crippen molar-refractivity contribution in [3.05, 3.63) is 17.2 Å². The number of fused-ring (bicyclic) bond motifs is 1. The number of hydrogen-bond donors (Lipinski definition) is 1. The lowest BCUT2D eigenvalue weighted by molar-refractivity contribution is 0.433. The largest absolute Gasteiger partial charge is 0.329 e. The van der Waals surface area contributed by atoms with Gasteiger partial charge in [-0.05, 0) is 25.2 Å². The number of imidazole rings is 1. The van der Waals surface area contributed by atoms with Gasteiger partial charge in [0.05, 0.1) is 5.69 Å². The molecule has 1 saturated carbocycles. The second-order valence-corrected chi connectivity index (χ2v) is 6.84. The molecule has 1 unspecified atom stereocenters. The van der Waals surface area contributed by atoms with E-state index in [-0.39, 0.29) is 0 Å². The zero-order valence-corrected chi connectivity index (χ0v) is 12.6. The molecule has 19 heavy (non-hydrogen) atoms. The predicted octanol–water partition coefficient (Wildman–Crippen LogP) is 3.09. The van der Waals surface area contributed by atoms with Gasteiger partial charge in [0, 0.05) is 37.7 Å². The molecule has 3 rings (SSSR count). The van der Waals surface area contributed by atoms with Gasteiger partial charge in [-0.15, -0.1) is 0 Å². The second kappa shape index (κ2) is 5.28. The molecule has 0 aromatic carbocycles. The van der Waals surface area contributed by atoms with Crippen molar-refractivity contribution in [2.24, 2.45) is 11.8 Å². The van der Waals surface area contributed by atoms with E-state index in [1.165, 1.54) is 36.5 Å². The molecular formula is C16H27N3. The van der Waals surface area contributed by atoms with Crippen LogP contribution in [-0.2, 0) is 19.4 Å². The van der Waals surface area contributed by atoms with Crippen molar-refractivity contribution >= 4 is 0 Å². The van der Waals surface area contributed by atoms with E-state index in [1.807, 2.05) is 0 Å². The fourth-order valence-electron chi connectivity index (χ4n) is 3.36. The predicted molar refractivity (Wildman–Crippen MR) is 78.2 cm³/mol. The summed E-state index contributed by atoms with van der Waals surface area (Å²) in [6.07, 6.45) is 6.50. The van der Waals surface area contributed by atoms with Crippen molar-refractivity contribution in [1.82, 2.24) is 14.9 Å². The highest BCUT2D eigenvalue weighted by atomic mass is 15.1. The number of aromatic nitrogens is 2. The van der Waals surface area contributed by atoms with Crippen molar-refractivity contribution in [3.63, 3.8) is 0 Å². The Morgan fingerprint density at radius 3 is 2.79 bits per heavy atom. The average molecular weight is 261 g/mol. The summed E-state index contributed by atoms with van der Waals surface area (Å²) in [5.41, 5.74) is 2.83. The Bertz CT molecular complexity index is 443. The van der Waals surface area contributed by atoms with Crippen molar-refractivity contribution in [3.8, 4) is 0 Å². The van der Waals surface area contributed by atoms with Crippen LogP contribution in [0.5, 0.6) is 0 Å². The first-order chi connectivity index (χ1) is 9.15. The summed E-state index contributed by atoms with van der Waals surface area (Å²) < 4.78 is 2.59. The van der Waals surface area contributed by atoms with Gasteiger partial charge in [0.1, 0.15) is 5.82 Å². The van der Waals surface area contributed by atoms with E-state index in [0.717, 1.165) is 31.8 Å². The lowest BCUT2D eigenvalue weighted by atomic mass is 10.1. The molecule has 1 aromatic rings. The van der Waals surface area contributed by atoms with Gasteiger partial charge in [-0.2, -0.15) is 0 Å². The van der Waals surface area contributed by atoms with Gasteiger partial charge in [0.15, 0.2) is 0 Å². The molecule has 3 heteroatoms. The first-order valence-corrected chi connectivity index (χ1v) is 7.94. The minimum atomic E-state index is 0.635. The van der Waals surface area contributed by atoms with Gasteiger partial charge in [-0.25, -0.2) is 4.98 Å². The van der Waals surface area contributed by atoms with E-state index in [2.05, 4.69) is 30.7 Å². The standard InChI is InChI=1S/C16H27N3/c1-11(2)8-16-18-14-10-17-7-6-15(14)19(16)12(3)9-13-4-5-13/h11-13,17H,4-10H2,1-3H3. The van der Waals surface area contributed by atoms with Crippen LogP contribution >= 0.6 is 0 Å². The molecule has 106 valence electrons. The molecule has 1 atom stereocenters. The summed E-state index contributed by atoms with van der Waals surface area (Å²) in [4.78, 5) is 4.94. The summed E-state index contributed by atoms with van der Waals surface area (Å²) in [6.45, 7) is 9.05. The summed E-state index contributed by atoms with van der Waals surface area (Å²) >= 11 is 0. The van der Waals surface area contributed by atoms with Gasteiger partial charge >= 0.3 is 0 Å². The maximum absolute atomic E-state index is 4.94. The Morgan fingerprint density at radius 2 is 2.11 bits per heavy atom. The third-order valence-electron chi connectivity index (χ3n) is 4.40. The van der Waals surface area contributed by atoms with Gasteiger partial charge in [-0.3, -0.25) is 0 Å². The second-order valence-electron chi connectivity index (χ2n) is 6.84. The van der Waals surface area contributed by atoms with Gasteiger partial charge < -0.3 is 9.88 Å². The van der Waals surface area contributed by atoms with Crippen molar-refractivity contribution in [1.29, 1.82) is 0 Å². The average Bonchev–Trinajstić information content (AvgIpc) is 3.08. The summed E-state index contributed by atoms with van der Waals surface area (Å²) in [6, 6.07) is 0.635. The van der Waals surface area contributed by atoms with E-state index in [4.69, 9.17) is 4.98 Å². The highest BCUT2D eigenvalue weighted by molar-refractivity contribution is 5.21. The van der Waals surface area contributed by atoms with Crippen LogP contribution in [0.4, 0.5) is 0 Å². The fraction of sp³-hybridized carbons (Fsp3) is 0.812. The minimum Gasteiger partial charge on any atom is -0.329 e. The lowest BCUT2D eigenvalue weighted by Gasteiger charge is -2.22. The number of rotatable bonds is 5. The molecule has 0 spiro atoms. The Hall–Kier alpha value is -0.830. The fourth-order valence-corrected chi connectivity index (χ4v) is 3.36. The lowest BCUT2D eigenvalue weighted by Crippen LogP contribution is -2.26. The molecule has 0 bridgehead atoms. The zero-order valence-electron chi connectivity index (χ0n) is 12.6. The number of nitrogens with one attached hydrogen (secondary N) is 1. The molecule has 1 N–H and O–H groups in total. The van der Waals surface area contributed by atoms with Crippen LogP contribution in [0.2, 0.25) is 0 Å². The smallest absolute Gasteiger partial charge is 0.109 e. The summed E-state index contributed by atoms with van der Waals surface area (Å²) in [5.74, 6) is 3.00. The maximum atomic E-state index is 4.94. The third-order valence-corrected chi connectivity index (χ3v) is 4.40. The Balaban J connectivity index is 1.90. The SMILES string of the molecule is CC(C)Cc1nc2c(n1C(C)CC1CC1)CCNC2. The third kappa shape index (κ3) is 2.86. The Kier molecular flexibility index (Phi) is 3.66. The van der Waals surface area contributed by atoms with E-state index >= 15 is 0 Å². The zero-order chi connectivity index (χ0) is 13.4. The van der Waals surface area contributed by atoms with Crippen LogP contribution in [0.25, 0.3) is 0 Å². The highest BCUT2D eigenvalue weighted by Gasteiger charge is 2.28. The van der Waals surface area contributed by atoms with Gasteiger partial charge in [0.25, 0.3) is 0 Å². The van der Waals surface area contributed by atoms with E-state index < -0.39 is 0 Å². The van der Waals surface area contributed by atoms with Crippen LogP contribution in [0.3, 0.4) is 0 Å². The summed E-state index contributed by atoms with van der Waals surface area (Å²) in [7, 11) is 0. The molecule has 2 heterocycles. The first kappa shape index (κ1) is 13.2. The van der Waals surface area contributed by atoms with Crippen molar-refractivity contribution < 1.29 is 0 Å². The number of nitrogens with zero attached hydrogens (tertiary/aromatic N) is 2. The summed E-state index contributed by atoms with van der Waals surface area (Å²) in [5, 5.41) is 3.45. The highest BCUT2D eigenvalue weighted by Crippen LogP contribution is 2.38. The van der Waals surface area contributed by atoms with Crippen LogP contribution < -0.4 is 5.32 Å².